The minimum atomic E-state index is 0.792. The maximum absolute atomic E-state index is 4.23. The van der Waals surface area contributed by atoms with E-state index in [1.165, 1.54) is 31.5 Å². The third-order valence-electron chi connectivity index (χ3n) is 3.37. The van der Waals surface area contributed by atoms with Crippen LogP contribution in [0, 0.1) is 6.92 Å². The lowest BCUT2D eigenvalue weighted by Crippen LogP contribution is -2.39. The van der Waals surface area contributed by atoms with Crippen molar-refractivity contribution in [3.8, 4) is 0 Å². The van der Waals surface area contributed by atoms with Crippen molar-refractivity contribution in [3.05, 3.63) is 36.7 Å². The van der Waals surface area contributed by atoms with E-state index in [1.54, 1.807) is 0 Å². The fourth-order valence-electron chi connectivity index (χ4n) is 2.18. The van der Waals surface area contributed by atoms with Gasteiger partial charge in [-0.15, -0.1) is 0 Å². The molecule has 0 unspecified atom stereocenters. The van der Waals surface area contributed by atoms with Crippen LogP contribution in [0.3, 0.4) is 0 Å². The second-order valence-electron chi connectivity index (χ2n) is 4.76. The lowest BCUT2D eigenvalue weighted by atomic mass is 10.2. The van der Waals surface area contributed by atoms with E-state index in [1.807, 2.05) is 23.1 Å². The van der Waals surface area contributed by atoms with Gasteiger partial charge in [-0.1, -0.05) is 19.8 Å². The number of hydrogen-bond donors (Lipinski definition) is 0. The van der Waals surface area contributed by atoms with Gasteiger partial charge in [0.05, 0.1) is 6.54 Å². The molecular weight excluding hydrogens is 224 g/mol. The average Bonchev–Trinajstić information content (AvgIpc) is 2.99. The van der Waals surface area contributed by atoms with Crippen LogP contribution in [-0.2, 0) is 13.2 Å². The molecule has 4 heteroatoms. The summed E-state index contributed by atoms with van der Waals surface area (Å²) in [7, 11) is 0. The van der Waals surface area contributed by atoms with Crippen LogP contribution < -0.4 is 4.57 Å². The molecule has 2 aromatic heterocycles. The Morgan fingerprint density at radius 3 is 2.83 bits per heavy atom. The van der Waals surface area contributed by atoms with Gasteiger partial charge in [-0.2, -0.15) is 5.10 Å². The standard InChI is InChI=1S/C14H23N4/c1-3-4-5-6-9-16-11-12-17(14(16)2)13-18-10-7-8-15-18/h7-8,10-12H,3-6,9,13H2,1-2H3/q+1. The van der Waals surface area contributed by atoms with Crippen LogP contribution in [0.5, 0.6) is 0 Å². The Morgan fingerprint density at radius 1 is 1.22 bits per heavy atom. The van der Waals surface area contributed by atoms with Gasteiger partial charge in [0, 0.05) is 19.3 Å². The molecule has 0 N–H and O–H groups in total. The van der Waals surface area contributed by atoms with Crippen molar-refractivity contribution in [2.75, 3.05) is 0 Å². The lowest BCUT2D eigenvalue weighted by Gasteiger charge is -2.02. The van der Waals surface area contributed by atoms with Crippen molar-refractivity contribution < 1.29 is 4.57 Å². The Balaban J connectivity index is 1.91. The van der Waals surface area contributed by atoms with E-state index >= 15 is 0 Å². The number of aromatic nitrogens is 4. The minimum Gasteiger partial charge on any atom is -0.234 e. The fourth-order valence-corrected chi connectivity index (χ4v) is 2.18. The van der Waals surface area contributed by atoms with E-state index in [0.29, 0.717) is 0 Å². The lowest BCUT2D eigenvalue weighted by molar-refractivity contribution is -0.708. The SMILES string of the molecule is CCCCCCn1cc[n+](Cn2cccn2)c1C. The van der Waals surface area contributed by atoms with Gasteiger partial charge in [0.1, 0.15) is 12.4 Å². The minimum absolute atomic E-state index is 0.792. The van der Waals surface area contributed by atoms with Gasteiger partial charge in [-0.25, -0.2) is 13.8 Å². The highest BCUT2D eigenvalue weighted by Gasteiger charge is 2.11. The summed E-state index contributed by atoms with van der Waals surface area (Å²) in [5, 5.41) is 4.23. The summed E-state index contributed by atoms with van der Waals surface area (Å²) in [6.45, 7) is 6.33. The summed E-state index contributed by atoms with van der Waals surface area (Å²) >= 11 is 0. The first kappa shape index (κ1) is 12.9. The van der Waals surface area contributed by atoms with Gasteiger partial charge < -0.3 is 0 Å². The molecule has 0 bridgehead atoms. The average molecular weight is 247 g/mol. The van der Waals surface area contributed by atoms with Crippen molar-refractivity contribution in [1.82, 2.24) is 14.3 Å². The summed E-state index contributed by atoms with van der Waals surface area (Å²) in [6, 6.07) is 1.96. The molecule has 0 atom stereocenters. The predicted molar refractivity (Wildman–Crippen MR) is 71.1 cm³/mol. The topological polar surface area (TPSA) is 26.6 Å². The number of hydrogen-bond acceptors (Lipinski definition) is 1. The summed E-state index contributed by atoms with van der Waals surface area (Å²) < 4.78 is 6.50. The monoisotopic (exact) mass is 247 g/mol. The van der Waals surface area contributed by atoms with Gasteiger partial charge in [0.15, 0.2) is 6.67 Å². The van der Waals surface area contributed by atoms with Gasteiger partial charge in [0.25, 0.3) is 5.82 Å². The van der Waals surface area contributed by atoms with Crippen molar-refractivity contribution in [2.45, 2.75) is 52.7 Å². The Labute approximate surface area is 109 Å². The van der Waals surface area contributed by atoms with E-state index in [4.69, 9.17) is 0 Å². The van der Waals surface area contributed by atoms with Crippen LogP contribution in [0.4, 0.5) is 0 Å². The Kier molecular flexibility index (Phi) is 4.56. The predicted octanol–water partition coefficient (Wildman–Crippen LogP) is 2.37. The molecule has 0 saturated carbocycles. The van der Waals surface area contributed by atoms with E-state index in [9.17, 15) is 0 Å². The molecule has 2 rings (SSSR count). The zero-order valence-corrected chi connectivity index (χ0v) is 11.4. The molecule has 98 valence electrons. The molecule has 0 saturated heterocycles. The number of nitrogens with zero attached hydrogens (tertiary/aromatic N) is 4. The zero-order chi connectivity index (χ0) is 12.8. The maximum Gasteiger partial charge on any atom is 0.254 e. The summed E-state index contributed by atoms with van der Waals surface area (Å²) in [4.78, 5) is 0. The first-order valence-electron chi connectivity index (χ1n) is 6.84. The van der Waals surface area contributed by atoms with Crippen LogP contribution in [0.2, 0.25) is 0 Å². The number of imidazole rings is 1. The van der Waals surface area contributed by atoms with Crippen LogP contribution >= 0.6 is 0 Å². The van der Waals surface area contributed by atoms with Gasteiger partial charge in [-0.05, 0) is 18.9 Å². The maximum atomic E-state index is 4.23. The van der Waals surface area contributed by atoms with Crippen molar-refractivity contribution in [1.29, 1.82) is 0 Å². The molecule has 0 fully saturated rings. The molecule has 0 aliphatic carbocycles. The highest BCUT2D eigenvalue weighted by molar-refractivity contribution is 4.80. The molecule has 18 heavy (non-hydrogen) atoms. The van der Waals surface area contributed by atoms with Gasteiger partial charge >= 0.3 is 0 Å². The molecule has 0 aliphatic rings. The Morgan fingerprint density at radius 2 is 2.11 bits per heavy atom. The number of aryl methyl sites for hydroxylation is 1. The van der Waals surface area contributed by atoms with E-state index in [2.05, 4.69) is 40.5 Å². The molecule has 0 aliphatic heterocycles. The van der Waals surface area contributed by atoms with Gasteiger partial charge in [0.2, 0.25) is 0 Å². The van der Waals surface area contributed by atoms with E-state index in [-0.39, 0.29) is 0 Å². The van der Waals surface area contributed by atoms with Crippen molar-refractivity contribution in [2.24, 2.45) is 0 Å². The van der Waals surface area contributed by atoms with Crippen LogP contribution in [-0.4, -0.2) is 14.3 Å². The second kappa shape index (κ2) is 6.38. The number of unbranched alkanes of at least 4 members (excludes halogenated alkanes) is 3. The molecule has 4 nitrogen and oxygen atoms in total. The summed E-state index contributed by atoms with van der Waals surface area (Å²) in [5.41, 5.74) is 0. The Hall–Kier alpha value is -1.58. The van der Waals surface area contributed by atoms with Crippen molar-refractivity contribution in [3.63, 3.8) is 0 Å². The van der Waals surface area contributed by atoms with Crippen LogP contribution in [0.15, 0.2) is 30.9 Å². The number of rotatable bonds is 7. The molecule has 2 aromatic rings. The highest BCUT2D eigenvalue weighted by Crippen LogP contribution is 2.03. The van der Waals surface area contributed by atoms with Crippen LogP contribution in [0.1, 0.15) is 38.4 Å². The Bertz CT molecular complexity index is 456. The van der Waals surface area contributed by atoms with E-state index in [0.717, 1.165) is 13.2 Å². The highest BCUT2D eigenvalue weighted by atomic mass is 15.3. The first-order valence-corrected chi connectivity index (χ1v) is 6.84. The second-order valence-corrected chi connectivity index (χ2v) is 4.76. The smallest absolute Gasteiger partial charge is 0.234 e. The molecule has 0 amide bonds. The normalized spacial score (nSPS) is 11.0. The molecule has 0 spiro atoms. The molecule has 0 radical (unpaired) electrons. The van der Waals surface area contributed by atoms with Gasteiger partial charge in [-0.3, -0.25) is 0 Å². The summed E-state index contributed by atoms with van der Waals surface area (Å²) in [5.74, 6) is 1.29. The quantitative estimate of drug-likeness (QED) is 0.545. The molecule has 2 heterocycles. The third kappa shape index (κ3) is 3.22. The first-order chi connectivity index (χ1) is 8.81. The summed E-state index contributed by atoms with van der Waals surface area (Å²) in [6.07, 6.45) is 13.3. The molecular formula is C14H23N4+. The van der Waals surface area contributed by atoms with E-state index < -0.39 is 0 Å². The van der Waals surface area contributed by atoms with Crippen LogP contribution in [0.25, 0.3) is 0 Å². The third-order valence-corrected chi connectivity index (χ3v) is 3.37. The largest absolute Gasteiger partial charge is 0.254 e. The fraction of sp³-hybridized carbons (Fsp3) is 0.571. The zero-order valence-electron chi connectivity index (χ0n) is 11.4. The molecule has 0 aromatic carbocycles. The van der Waals surface area contributed by atoms with Crippen molar-refractivity contribution >= 4 is 0 Å².